The van der Waals surface area contributed by atoms with Crippen LogP contribution in [0.25, 0.3) is 11.0 Å². The Morgan fingerprint density at radius 3 is 2.45 bits per heavy atom. The normalized spacial score (nSPS) is 12.6. The van der Waals surface area contributed by atoms with Gasteiger partial charge in [0.25, 0.3) is 0 Å². The number of para-hydroxylation sites is 1. The minimum absolute atomic E-state index is 0.122. The number of hydrogen-bond donors (Lipinski definition) is 1. The minimum atomic E-state index is -1.30. The molecule has 3 nitrogen and oxygen atoms in total. The number of hydrogen-bond acceptors (Lipinski definition) is 3. The van der Waals surface area contributed by atoms with Crippen molar-refractivity contribution in [1.29, 1.82) is 0 Å². The van der Waals surface area contributed by atoms with Crippen LogP contribution >= 0.6 is 0 Å². The van der Waals surface area contributed by atoms with E-state index in [1.165, 1.54) is 24.5 Å². The SMILES string of the molecule is OC(c1cccc(F)c1F)c1cccc2nccnc12. The lowest BCUT2D eigenvalue weighted by atomic mass is 9.99. The van der Waals surface area contributed by atoms with Gasteiger partial charge >= 0.3 is 0 Å². The number of aromatic nitrogens is 2. The molecule has 0 saturated carbocycles. The first kappa shape index (κ1) is 12.6. The Kier molecular flexibility index (Phi) is 3.12. The number of aliphatic hydroxyl groups excluding tert-OH is 1. The molecule has 3 aromatic rings. The van der Waals surface area contributed by atoms with E-state index in [-0.39, 0.29) is 5.56 Å². The van der Waals surface area contributed by atoms with E-state index in [9.17, 15) is 13.9 Å². The standard InChI is InChI=1S/C15H10F2N2O/c16-11-5-1-3-9(13(11)17)15(20)10-4-2-6-12-14(10)19-8-7-18-12/h1-8,15,20H. The van der Waals surface area contributed by atoms with Crippen LogP contribution in [0.3, 0.4) is 0 Å². The summed E-state index contributed by atoms with van der Waals surface area (Å²) in [5.41, 5.74) is 1.32. The van der Waals surface area contributed by atoms with Crippen LogP contribution in [0.4, 0.5) is 8.78 Å². The largest absolute Gasteiger partial charge is 0.383 e. The van der Waals surface area contributed by atoms with Gasteiger partial charge < -0.3 is 5.11 Å². The van der Waals surface area contributed by atoms with Gasteiger partial charge in [-0.3, -0.25) is 9.97 Å². The molecule has 1 unspecified atom stereocenters. The zero-order valence-electron chi connectivity index (χ0n) is 10.3. The van der Waals surface area contributed by atoms with Crippen LogP contribution in [0.2, 0.25) is 0 Å². The maximum absolute atomic E-state index is 13.8. The lowest BCUT2D eigenvalue weighted by molar-refractivity contribution is 0.214. The molecule has 1 N–H and O–H groups in total. The first-order valence-electron chi connectivity index (χ1n) is 6.00. The van der Waals surface area contributed by atoms with E-state index in [1.807, 2.05) is 0 Å². The summed E-state index contributed by atoms with van der Waals surface area (Å²) in [5, 5.41) is 10.3. The lowest BCUT2D eigenvalue weighted by Gasteiger charge is -2.14. The third-order valence-corrected chi connectivity index (χ3v) is 3.10. The molecule has 3 rings (SSSR count). The second-order valence-electron chi connectivity index (χ2n) is 4.32. The highest BCUT2D eigenvalue weighted by Gasteiger charge is 2.20. The fourth-order valence-electron chi connectivity index (χ4n) is 2.13. The fourth-order valence-corrected chi connectivity index (χ4v) is 2.13. The summed E-state index contributed by atoms with van der Waals surface area (Å²) in [6.07, 6.45) is 1.72. The number of rotatable bonds is 2. The molecule has 2 aromatic carbocycles. The number of halogens is 2. The maximum atomic E-state index is 13.8. The van der Waals surface area contributed by atoms with Gasteiger partial charge in [-0.1, -0.05) is 24.3 Å². The summed E-state index contributed by atoms with van der Waals surface area (Å²) in [6, 6.07) is 8.75. The predicted octanol–water partition coefficient (Wildman–Crippen LogP) is 2.99. The van der Waals surface area contributed by atoms with Crippen molar-refractivity contribution in [2.24, 2.45) is 0 Å². The molecule has 0 aliphatic heterocycles. The molecule has 0 spiro atoms. The third kappa shape index (κ3) is 2.02. The molecular weight excluding hydrogens is 262 g/mol. The van der Waals surface area contributed by atoms with Crippen molar-refractivity contribution in [3.63, 3.8) is 0 Å². The van der Waals surface area contributed by atoms with E-state index >= 15 is 0 Å². The highest BCUT2D eigenvalue weighted by Crippen LogP contribution is 2.29. The van der Waals surface area contributed by atoms with Gasteiger partial charge in [-0.15, -0.1) is 0 Å². The van der Waals surface area contributed by atoms with E-state index in [1.54, 1.807) is 18.2 Å². The fraction of sp³-hybridized carbons (Fsp3) is 0.0667. The second kappa shape index (κ2) is 4.94. The molecule has 20 heavy (non-hydrogen) atoms. The van der Waals surface area contributed by atoms with Crippen LogP contribution in [0.5, 0.6) is 0 Å². The highest BCUT2D eigenvalue weighted by molar-refractivity contribution is 5.78. The Balaban J connectivity index is 2.18. The van der Waals surface area contributed by atoms with Crippen LogP contribution in [0.1, 0.15) is 17.2 Å². The molecule has 0 fully saturated rings. The molecule has 0 aliphatic carbocycles. The zero-order chi connectivity index (χ0) is 14.1. The Bertz CT molecular complexity index is 771. The maximum Gasteiger partial charge on any atom is 0.164 e. The lowest BCUT2D eigenvalue weighted by Crippen LogP contribution is -2.05. The zero-order valence-corrected chi connectivity index (χ0v) is 10.3. The van der Waals surface area contributed by atoms with Crippen molar-refractivity contribution in [1.82, 2.24) is 9.97 Å². The summed E-state index contributed by atoms with van der Waals surface area (Å²) in [7, 11) is 0. The van der Waals surface area contributed by atoms with Crippen molar-refractivity contribution < 1.29 is 13.9 Å². The van der Waals surface area contributed by atoms with E-state index in [2.05, 4.69) is 9.97 Å². The summed E-state index contributed by atoms with van der Waals surface area (Å²) in [6.45, 7) is 0. The summed E-state index contributed by atoms with van der Waals surface area (Å²) in [5.74, 6) is -2.05. The van der Waals surface area contributed by atoms with Crippen molar-refractivity contribution in [3.05, 3.63) is 71.6 Å². The van der Waals surface area contributed by atoms with Gasteiger partial charge in [-0.25, -0.2) is 8.78 Å². The van der Waals surface area contributed by atoms with E-state index in [0.717, 1.165) is 6.07 Å². The number of fused-ring (bicyclic) bond motifs is 1. The van der Waals surface area contributed by atoms with Gasteiger partial charge in [0, 0.05) is 23.5 Å². The van der Waals surface area contributed by atoms with Gasteiger partial charge in [0.1, 0.15) is 6.10 Å². The van der Waals surface area contributed by atoms with Gasteiger partial charge in [-0.05, 0) is 12.1 Å². The molecule has 0 radical (unpaired) electrons. The number of aliphatic hydroxyl groups is 1. The summed E-state index contributed by atoms with van der Waals surface area (Å²) < 4.78 is 27.0. The molecule has 1 aromatic heterocycles. The van der Waals surface area contributed by atoms with E-state index in [0.29, 0.717) is 16.6 Å². The Morgan fingerprint density at radius 1 is 0.900 bits per heavy atom. The molecule has 0 saturated heterocycles. The average Bonchev–Trinajstić information content (AvgIpc) is 2.49. The van der Waals surface area contributed by atoms with Crippen LogP contribution in [-0.4, -0.2) is 15.1 Å². The van der Waals surface area contributed by atoms with Gasteiger partial charge in [0.2, 0.25) is 0 Å². The molecular formula is C15H10F2N2O. The van der Waals surface area contributed by atoms with Crippen LogP contribution < -0.4 is 0 Å². The topological polar surface area (TPSA) is 46.0 Å². The first-order chi connectivity index (χ1) is 9.68. The molecule has 100 valence electrons. The van der Waals surface area contributed by atoms with E-state index in [4.69, 9.17) is 0 Å². The third-order valence-electron chi connectivity index (χ3n) is 3.10. The first-order valence-corrected chi connectivity index (χ1v) is 6.00. The molecule has 0 amide bonds. The van der Waals surface area contributed by atoms with Crippen LogP contribution in [-0.2, 0) is 0 Å². The minimum Gasteiger partial charge on any atom is -0.383 e. The average molecular weight is 272 g/mol. The summed E-state index contributed by atoms with van der Waals surface area (Å²) in [4.78, 5) is 8.26. The van der Waals surface area contributed by atoms with Crippen molar-refractivity contribution in [2.45, 2.75) is 6.10 Å². The smallest absolute Gasteiger partial charge is 0.164 e. The van der Waals surface area contributed by atoms with Gasteiger partial charge in [-0.2, -0.15) is 0 Å². The highest BCUT2D eigenvalue weighted by atomic mass is 19.2. The van der Waals surface area contributed by atoms with Crippen LogP contribution in [0, 0.1) is 11.6 Å². The monoisotopic (exact) mass is 272 g/mol. The molecule has 0 aliphatic rings. The molecule has 0 bridgehead atoms. The summed E-state index contributed by atoms with van der Waals surface area (Å²) >= 11 is 0. The van der Waals surface area contributed by atoms with Crippen molar-refractivity contribution in [2.75, 3.05) is 0 Å². The van der Waals surface area contributed by atoms with Crippen molar-refractivity contribution in [3.8, 4) is 0 Å². The van der Waals surface area contributed by atoms with Gasteiger partial charge in [0.05, 0.1) is 11.0 Å². The van der Waals surface area contributed by atoms with Crippen LogP contribution in [0.15, 0.2) is 48.8 Å². The second-order valence-corrected chi connectivity index (χ2v) is 4.32. The van der Waals surface area contributed by atoms with Gasteiger partial charge in [0.15, 0.2) is 11.6 Å². The molecule has 5 heteroatoms. The number of benzene rings is 2. The Morgan fingerprint density at radius 2 is 1.60 bits per heavy atom. The quantitative estimate of drug-likeness (QED) is 0.780. The Labute approximate surface area is 113 Å². The Hall–Kier alpha value is -2.40. The predicted molar refractivity (Wildman–Crippen MR) is 70.0 cm³/mol. The molecule has 1 heterocycles. The van der Waals surface area contributed by atoms with E-state index < -0.39 is 17.7 Å². The van der Waals surface area contributed by atoms with Crippen molar-refractivity contribution >= 4 is 11.0 Å². The number of nitrogens with zero attached hydrogens (tertiary/aromatic N) is 2. The molecule has 1 atom stereocenters.